The molecule has 0 N–H and O–H groups in total. The van der Waals surface area contributed by atoms with Gasteiger partial charge in [0.15, 0.2) is 16.7 Å². The molecule has 230 valence electrons. The molecule has 3 aromatic carbocycles. The molecule has 16 heteroatoms. The van der Waals surface area contributed by atoms with Crippen molar-refractivity contribution >= 4 is 22.7 Å². The predicted octanol–water partition coefficient (Wildman–Crippen LogP) is 6.79. The Hall–Kier alpha value is -4.73. The summed E-state index contributed by atoms with van der Waals surface area (Å²) in [5.41, 5.74) is -4.33. The van der Waals surface area contributed by atoms with Crippen LogP contribution in [0.1, 0.15) is 17.0 Å². The highest BCUT2D eigenvalue weighted by Gasteiger charge is 2.38. The Balaban J connectivity index is 1.59. The third-order valence-corrected chi connectivity index (χ3v) is 7.24. The van der Waals surface area contributed by atoms with Gasteiger partial charge in [-0.05, 0) is 42.5 Å². The summed E-state index contributed by atoms with van der Waals surface area (Å²) in [5.74, 6) is 0.738. The summed E-state index contributed by atoms with van der Waals surface area (Å²) in [5, 5.41) is 7.53. The first kappa shape index (κ1) is 30.7. The van der Waals surface area contributed by atoms with Gasteiger partial charge >= 0.3 is 12.4 Å². The molecule has 0 saturated carbocycles. The second-order valence-corrected chi connectivity index (χ2v) is 9.93. The van der Waals surface area contributed by atoms with Gasteiger partial charge in [-0.1, -0.05) is 23.9 Å². The number of rotatable bonds is 8. The number of para-hydroxylation sites is 1. The van der Waals surface area contributed by atoms with Crippen molar-refractivity contribution in [3.8, 4) is 34.4 Å². The number of benzene rings is 3. The van der Waals surface area contributed by atoms with Gasteiger partial charge in [0, 0.05) is 5.56 Å². The summed E-state index contributed by atoms with van der Waals surface area (Å²) in [7, 11) is 4.27. The minimum absolute atomic E-state index is 0.0206. The van der Waals surface area contributed by atoms with Crippen LogP contribution in [0.25, 0.3) is 28.0 Å². The third kappa shape index (κ3) is 5.89. The molecule has 0 saturated heterocycles. The van der Waals surface area contributed by atoms with Gasteiger partial charge in [0.05, 0.1) is 54.8 Å². The molecule has 0 aliphatic rings. The van der Waals surface area contributed by atoms with Gasteiger partial charge in [0.1, 0.15) is 0 Å². The van der Waals surface area contributed by atoms with Crippen LogP contribution >= 0.6 is 11.8 Å². The monoisotopic (exact) mass is 638 g/mol. The summed E-state index contributed by atoms with van der Waals surface area (Å²) in [6.07, 6.45) is -10.1. The van der Waals surface area contributed by atoms with Crippen LogP contribution in [0.4, 0.5) is 26.3 Å². The fraction of sp³-hybridized carbons (Fsp3) is 0.214. The maximum absolute atomic E-state index is 14.0. The molecule has 0 fully saturated rings. The van der Waals surface area contributed by atoms with E-state index in [0.29, 0.717) is 33.4 Å². The number of nitrogens with zero attached hydrogens (tertiary/aromatic N) is 4. The van der Waals surface area contributed by atoms with E-state index in [-0.39, 0.29) is 45.7 Å². The van der Waals surface area contributed by atoms with Crippen LogP contribution in [0.2, 0.25) is 0 Å². The van der Waals surface area contributed by atoms with Crippen LogP contribution in [0, 0.1) is 0 Å². The minimum atomic E-state index is -5.09. The molecule has 2 aromatic heterocycles. The van der Waals surface area contributed by atoms with E-state index in [4.69, 9.17) is 18.6 Å². The van der Waals surface area contributed by atoms with E-state index < -0.39 is 34.7 Å². The largest absolute Gasteiger partial charge is 0.493 e. The quantitative estimate of drug-likeness (QED) is 0.103. The fourth-order valence-corrected chi connectivity index (χ4v) is 5.16. The predicted molar refractivity (Wildman–Crippen MR) is 146 cm³/mol. The Labute approximate surface area is 248 Å². The molecule has 0 aliphatic carbocycles. The lowest BCUT2D eigenvalue weighted by atomic mass is 10.1. The summed E-state index contributed by atoms with van der Waals surface area (Å²) in [6.45, 7) is 0. The van der Waals surface area contributed by atoms with E-state index in [0.717, 1.165) is 11.8 Å². The Morgan fingerprint density at radius 2 is 1.55 bits per heavy atom. The first-order chi connectivity index (χ1) is 20.8. The molecule has 0 aliphatic heterocycles. The molecule has 0 radical (unpaired) electrons. The Kier molecular flexibility index (Phi) is 8.20. The van der Waals surface area contributed by atoms with Crippen molar-refractivity contribution in [3.05, 3.63) is 82.0 Å². The van der Waals surface area contributed by atoms with Crippen LogP contribution in [-0.2, 0) is 18.1 Å². The second-order valence-electron chi connectivity index (χ2n) is 8.98. The van der Waals surface area contributed by atoms with E-state index in [9.17, 15) is 31.1 Å². The highest BCUT2D eigenvalue weighted by Crippen LogP contribution is 2.42. The van der Waals surface area contributed by atoms with Gasteiger partial charge in [-0.15, -0.1) is 10.2 Å². The molecule has 0 amide bonds. The summed E-state index contributed by atoms with van der Waals surface area (Å²) < 4.78 is 105. The van der Waals surface area contributed by atoms with Gasteiger partial charge in [0.2, 0.25) is 17.5 Å². The van der Waals surface area contributed by atoms with Crippen molar-refractivity contribution in [2.24, 2.45) is 0 Å². The van der Waals surface area contributed by atoms with E-state index in [1.54, 1.807) is 18.2 Å². The molecule has 0 bridgehead atoms. The molecule has 5 aromatic rings. The molecule has 0 spiro atoms. The number of fused-ring (bicyclic) bond motifs is 1. The molecule has 2 heterocycles. The maximum atomic E-state index is 14.0. The van der Waals surface area contributed by atoms with Crippen molar-refractivity contribution in [2.45, 2.75) is 23.3 Å². The zero-order valence-electron chi connectivity index (χ0n) is 22.9. The molecular weight excluding hydrogens is 618 g/mol. The van der Waals surface area contributed by atoms with Crippen molar-refractivity contribution in [2.75, 3.05) is 21.3 Å². The van der Waals surface area contributed by atoms with Crippen LogP contribution in [0.5, 0.6) is 17.2 Å². The Morgan fingerprint density at radius 3 is 2.16 bits per heavy atom. The van der Waals surface area contributed by atoms with E-state index in [1.165, 1.54) is 39.5 Å². The summed E-state index contributed by atoms with van der Waals surface area (Å²) in [4.78, 5) is 17.9. The highest BCUT2D eigenvalue weighted by molar-refractivity contribution is 7.98. The Bertz CT molecular complexity index is 1880. The van der Waals surface area contributed by atoms with Crippen molar-refractivity contribution in [1.82, 2.24) is 19.7 Å². The average molecular weight is 639 g/mol. The fourth-order valence-electron chi connectivity index (χ4n) is 4.31. The van der Waals surface area contributed by atoms with Gasteiger partial charge in [-0.25, -0.2) is 4.98 Å². The number of ether oxygens (including phenoxy) is 3. The van der Waals surface area contributed by atoms with Crippen LogP contribution in [0.15, 0.2) is 69.0 Å². The molecular formula is C28H20F6N4O5S. The number of hydrogen-bond donors (Lipinski definition) is 0. The average Bonchev–Trinajstić information content (AvgIpc) is 3.47. The number of aromatic nitrogens is 4. The zero-order valence-corrected chi connectivity index (χ0v) is 23.7. The van der Waals surface area contributed by atoms with Gasteiger partial charge in [0.25, 0.3) is 5.56 Å². The van der Waals surface area contributed by atoms with Gasteiger partial charge in [-0.2, -0.15) is 26.3 Å². The summed E-state index contributed by atoms with van der Waals surface area (Å²) in [6, 6.07) is 9.78. The van der Waals surface area contributed by atoms with Crippen molar-refractivity contribution in [3.63, 3.8) is 0 Å². The number of alkyl halides is 6. The highest BCUT2D eigenvalue weighted by atomic mass is 32.2. The Morgan fingerprint density at radius 1 is 0.864 bits per heavy atom. The van der Waals surface area contributed by atoms with Crippen LogP contribution in [0.3, 0.4) is 0 Å². The first-order valence-electron chi connectivity index (χ1n) is 12.4. The summed E-state index contributed by atoms with van der Waals surface area (Å²) >= 11 is 0.724. The molecule has 0 atom stereocenters. The second kappa shape index (κ2) is 11.7. The molecule has 5 rings (SSSR count). The number of halogens is 6. The van der Waals surface area contributed by atoms with E-state index in [1.807, 2.05) is 0 Å². The van der Waals surface area contributed by atoms with E-state index >= 15 is 0 Å². The lowest BCUT2D eigenvalue weighted by molar-refractivity contribution is -0.141. The number of thioether (sulfide) groups is 1. The molecule has 0 unspecified atom stereocenters. The number of hydrogen-bond acceptors (Lipinski definition) is 9. The van der Waals surface area contributed by atoms with Crippen LogP contribution in [-0.4, -0.2) is 41.1 Å². The molecule has 44 heavy (non-hydrogen) atoms. The normalized spacial score (nSPS) is 12.0. The minimum Gasteiger partial charge on any atom is -0.493 e. The first-order valence-corrected chi connectivity index (χ1v) is 13.4. The van der Waals surface area contributed by atoms with Crippen molar-refractivity contribution in [1.29, 1.82) is 0 Å². The van der Waals surface area contributed by atoms with Gasteiger partial charge in [-0.3, -0.25) is 9.36 Å². The standard InChI is InChI=1S/C28H20F6N4O5S/c1-40-20-10-14(11-21(41-2)23(20)42-3)24-37-36-22(43-24)13-44-26-35-18-7-5-4-6-16(18)25(39)38(26)19-12-15(27(29,30)31)8-9-17(19)28(32,33)34/h4-12H,13H2,1-3H3. The van der Waals surface area contributed by atoms with Gasteiger partial charge < -0.3 is 18.6 Å². The third-order valence-electron chi connectivity index (χ3n) is 6.32. The van der Waals surface area contributed by atoms with Crippen LogP contribution < -0.4 is 19.8 Å². The lowest BCUT2D eigenvalue weighted by Gasteiger charge is -2.19. The molecule has 9 nitrogen and oxygen atoms in total. The van der Waals surface area contributed by atoms with E-state index in [2.05, 4.69) is 15.2 Å². The van der Waals surface area contributed by atoms with Crippen molar-refractivity contribution < 1.29 is 45.0 Å². The zero-order chi connectivity index (χ0) is 31.8. The lowest BCUT2D eigenvalue weighted by Crippen LogP contribution is -2.25. The topological polar surface area (TPSA) is 102 Å². The smallest absolute Gasteiger partial charge is 0.418 e. The maximum Gasteiger partial charge on any atom is 0.418 e. The number of methoxy groups -OCH3 is 3. The SMILES string of the molecule is COc1cc(-c2nnc(CSc3nc4ccccc4c(=O)n3-c3cc(C(F)(F)F)ccc3C(F)(F)F)o2)cc(OC)c1OC.